The quantitative estimate of drug-likeness (QED) is 0.646. The standard InChI is InChI=1S/C11H23NO3/c1-8(2)9(3)6-12-7-11(4,14)10(13)15-5/h8-9,12,14H,6-7H2,1-5H3. The van der Waals surface area contributed by atoms with Crippen LogP contribution in [0, 0.1) is 11.8 Å². The van der Waals surface area contributed by atoms with Crippen molar-refractivity contribution < 1.29 is 14.6 Å². The van der Waals surface area contributed by atoms with Crippen LogP contribution in [0.4, 0.5) is 0 Å². The van der Waals surface area contributed by atoms with E-state index in [0.717, 1.165) is 6.54 Å². The fourth-order valence-electron chi connectivity index (χ4n) is 1.07. The predicted molar refractivity (Wildman–Crippen MR) is 59.5 cm³/mol. The van der Waals surface area contributed by atoms with Crippen LogP contribution >= 0.6 is 0 Å². The Morgan fingerprint density at radius 1 is 1.47 bits per heavy atom. The first kappa shape index (κ1) is 14.4. The lowest BCUT2D eigenvalue weighted by Gasteiger charge is -2.23. The highest BCUT2D eigenvalue weighted by Crippen LogP contribution is 2.09. The van der Waals surface area contributed by atoms with Crippen LogP contribution in [0.1, 0.15) is 27.7 Å². The first-order valence-electron chi connectivity index (χ1n) is 5.32. The Bertz CT molecular complexity index is 202. The van der Waals surface area contributed by atoms with Gasteiger partial charge in [0.2, 0.25) is 0 Å². The molecule has 0 saturated carbocycles. The number of carbonyl (C=O) groups is 1. The number of esters is 1. The summed E-state index contributed by atoms with van der Waals surface area (Å²) in [6.45, 7) is 8.87. The Morgan fingerprint density at radius 3 is 2.40 bits per heavy atom. The third kappa shape index (κ3) is 5.14. The van der Waals surface area contributed by atoms with Gasteiger partial charge in [-0.3, -0.25) is 0 Å². The number of rotatable bonds is 6. The van der Waals surface area contributed by atoms with Gasteiger partial charge in [-0.1, -0.05) is 20.8 Å². The molecule has 0 saturated heterocycles. The third-order valence-corrected chi connectivity index (χ3v) is 2.70. The molecule has 0 aliphatic carbocycles. The SMILES string of the molecule is COC(=O)C(C)(O)CNCC(C)C(C)C. The summed E-state index contributed by atoms with van der Waals surface area (Å²) >= 11 is 0. The molecule has 90 valence electrons. The summed E-state index contributed by atoms with van der Waals surface area (Å²) in [5.74, 6) is 0.492. The highest BCUT2D eigenvalue weighted by molar-refractivity contribution is 5.78. The minimum Gasteiger partial charge on any atom is -0.467 e. The summed E-state index contributed by atoms with van der Waals surface area (Å²) in [5, 5.41) is 12.8. The van der Waals surface area contributed by atoms with Gasteiger partial charge in [0.15, 0.2) is 5.60 Å². The van der Waals surface area contributed by atoms with Gasteiger partial charge >= 0.3 is 5.97 Å². The van der Waals surface area contributed by atoms with E-state index in [1.165, 1.54) is 14.0 Å². The molecule has 4 nitrogen and oxygen atoms in total. The van der Waals surface area contributed by atoms with Crippen molar-refractivity contribution in [2.75, 3.05) is 20.2 Å². The maximum atomic E-state index is 11.1. The maximum Gasteiger partial charge on any atom is 0.338 e. The summed E-state index contributed by atoms with van der Waals surface area (Å²) in [4.78, 5) is 11.1. The molecule has 0 aromatic carbocycles. The van der Waals surface area contributed by atoms with Crippen molar-refractivity contribution >= 4 is 5.97 Å². The van der Waals surface area contributed by atoms with Crippen LogP contribution in [0.3, 0.4) is 0 Å². The lowest BCUT2D eigenvalue weighted by Crippen LogP contribution is -2.46. The van der Waals surface area contributed by atoms with Crippen LogP contribution in [-0.2, 0) is 9.53 Å². The molecule has 0 rings (SSSR count). The van der Waals surface area contributed by atoms with Crippen molar-refractivity contribution in [2.45, 2.75) is 33.3 Å². The summed E-state index contributed by atoms with van der Waals surface area (Å²) in [6, 6.07) is 0. The molecule has 0 amide bonds. The molecule has 2 unspecified atom stereocenters. The molecular formula is C11H23NO3. The van der Waals surface area contributed by atoms with E-state index < -0.39 is 11.6 Å². The molecule has 0 radical (unpaired) electrons. The topological polar surface area (TPSA) is 58.6 Å². The van der Waals surface area contributed by atoms with Gasteiger partial charge in [-0.2, -0.15) is 0 Å². The maximum absolute atomic E-state index is 11.1. The number of nitrogens with one attached hydrogen (secondary N) is 1. The third-order valence-electron chi connectivity index (χ3n) is 2.70. The predicted octanol–water partition coefficient (Wildman–Crippen LogP) is 0.792. The van der Waals surface area contributed by atoms with Gasteiger partial charge in [0.25, 0.3) is 0 Å². The average Bonchev–Trinajstić information content (AvgIpc) is 2.15. The van der Waals surface area contributed by atoms with Crippen molar-refractivity contribution in [1.29, 1.82) is 0 Å². The molecule has 0 aromatic heterocycles. The fourth-order valence-corrected chi connectivity index (χ4v) is 1.07. The van der Waals surface area contributed by atoms with E-state index in [1.54, 1.807) is 0 Å². The van der Waals surface area contributed by atoms with Crippen LogP contribution in [0.25, 0.3) is 0 Å². The lowest BCUT2D eigenvalue weighted by atomic mass is 9.98. The molecule has 0 bridgehead atoms. The first-order valence-corrected chi connectivity index (χ1v) is 5.32. The zero-order chi connectivity index (χ0) is 12.1. The summed E-state index contributed by atoms with van der Waals surface area (Å²) in [7, 11) is 1.27. The van der Waals surface area contributed by atoms with Crippen molar-refractivity contribution in [3.05, 3.63) is 0 Å². The minimum absolute atomic E-state index is 0.219. The molecule has 0 heterocycles. The van der Waals surface area contributed by atoms with Crippen molar-refractivity contribution in [1.82, 2.24) is 5.32 Å². The molecule has 2 N–H and O–H groups in total. The summed E-state index contributed by atoms with van der Waals surface area (Å²) < 4.78 is 4.49. The fraction of sp³-hybridized carbons (Fsp3) is 0.909. The zero-order valence-corrected chi connectivity index (χ0v) is 10.3. The van der Waals surface area contributed by atoms with E-state index in [4.69, 9.17) is 0 Å². The van der Waals surface area contributed by atoms with Gasteiger partial charge in [-0.15, -0.1) is 0 Å². The van der Waals surface area contributed by atoms with E-state index in [1.807, 2.05) is 0 Å². The summed E-state index contributed by atoms with van der Waals surface area (Å²) in [6.07, 6.45) is 0. The highest BCUT2D eigenvalue weighted by Gasteiger charge is 2.30. The molecule has 0 aromatic rings. The van der Waals surface area contributed by atoms with Gasteiger partial charge in [0.05, 0.1) is 7.11 Å². The lowest BCUT2D eigenvalue weighted by molar-refractivity contribution is -0.159. The van der Waals surface area contributed by atoms with Gasteiger partial charge in [0, 0.05) is 6.54 Å². The molecule has 2 atom stereocenters. The zero-order valence-electron chi connectivity index (χ0n) is 10.3. The molecule has 0 spiro atoms. The molecule has 0 fully saturated rings. The van der Waals surface area contributed by atoms with E-state index in [9.17, 15) is 9.90 Å². The van der Waals surface area contributed by atoms with Crippen LogP contribution < -0.4 is 5.32 Å². The normalized spacial score (nSPS) is 17.3. The molecular weight excluding hydrogens is 194 g/mol. The van der Waals surface area contributed by atoms with Crippen molar-refractivity contribution in [3.63, 3.8) is 0 Å². The van der Waals surface area contributed by atoms with Crippen molar-refractivity contribution in [2.24, 2.45) is 11.8 Å². The van der Waals surface area contributed by atoms with Crippen LogP contribution in [0.5, 0.6) is 0 Å². The number of carbonyl (C=O) groups excluding carboxylic acids is 1. The second-order valence-electron chi connectivity index (χ2n) is 4.62. The van der Waals surface area contributed by atoms with E-state index in [-0.39, 0.29) is 6.54 Å². The molecule has 0 aliphatic rings. The van der Waals surface area contributed by atoms with E-state index in [0.29, 0.717) is 11.8 Å². The largest absolute Gasteiger partial charge is 0.467 e. The molecule has 15 heavy (non-hydrogen) atoms. The van der Waals surface area contributed by atoms with Gasteiger partial charge in [-0.05, 0) is 25.3 Å². The monoisotopic (exact) mass is 217 g/mol. The average molecular weight is 217 g/mol. The minimum atomic E-state index is -1.44. The van der Waals surface area contributed by atoms with Crippen LogP contribution in [0.15, 0.2) is 0 Å². The molecule has 0 aliphatic heterocycles. The Labute approximate surface area is 92.0 Å². The van der Waals surface area contributed by atoms with E-state index in [2.05, 4.69) is 30.8 Å². The Kier molecular flexibility index (Phi) is 5.83. The van der Waals surface area contributed by atoms with E-state index >= 15 is 0 Å². The van der Waals surface area contributed by atoms with Gasteiger partial charge in [0.1, 0.15) is 0 Å². The first-order chi connectivity index (χ1) is 6.81. The van der Waals surface area contributed by atoms with Gasteiger partial charge in [-0.25, -0.2) is 4.79 Å². The summed E-state index contributed by atoms with van der Waals surface area (Å²) in [5.41, 5.74) is -1.44. The van der Waals surface area contributed by atoms with Crippen LogP contribution in [0.2, 0.25) is 0 Å². The Hall–Kier alpha value is -0.610. The molecule has 4 heteroatoms. The van der Waals surface area contributed by atoms with Gasteiger partial charge < -0.3 is 15.2 Å². The van der Waals surface area contributed by atoms with Crippen molar-refractivity contribution in [3.8, 4) is 0 Å². The second-order valence-corrected chi connectivity index (χ2v) is 4.62. The number of aliphatic hydroxyl groups is 1. The number of hydrogen-bond acceptors (Lipinski definition) is 4. The van der Waals surface area contributed by atoms with Crippen LogP contribution in [-0.4, -0.2) is 36.9 Å². The number of ether oxygens (including phenoxy) is 1. The Balaban J connectivity index is 3.90. The number of methoxy groups -OCH3 is 1. The smallest absolute Gasteiger partial charge is 0.338 e. The number of hydrogen-bond donors (Lipinski definition) is 2. The second kappa shape index (κ2) is 6.08. The highest BCUT2D eigenvalue weighted by atomic mass is 16.5. The Morgan fingerprint density at radius 2 is 2.00 bits per heavy atom.